The molecule has 12 nitrogen and oxygen atoms in total. The van der Waals surface area contributed by atoms with Gasteiger partial charge in [-0.1, -0.05) is 60.7 Å². The van der Waals surface area contributed by atoms with Gasteiger partial charge in [-0.05, 0) is 78.1 Å². The summed E-state index contributed by atoms with van der Waals surface area (Å²) in [5.74, 6) is 0.494. The number of hydrogen-bond donors (Lipinski definition) is 2. The summed E-state index contributed by atoms with van der Waals surface area (Å²) in [5, 5.41) is 22.9. The summed E-state index contributed by atoms with van der Waals surface area (Å²) >= 11 is 1.56. The summed E-state index contributed by atoms with van der Waals surface area (Å²) < 4.78 is 10.5. The monoisotopic (exact) mass is 762 g/mol. The molecule has 0 radical (unpaired) electrons. The summed E-state index contributed by atoms with van der Waals surface area (Å²) in [5.41, 5.74) is 11.9. The molecule has 8 rings (SSSR count). The average Bonchev–Trinajstić information content (AvgIpc) is 3.87. The molecule has 2 fully saturated rings. The van der Waals surface area contributed by atoms with E-state index in [2.05, 4.69) is 33.0 Å². The number of hydrogen-bond acceptors (Lipinski definition) is 13. The molecule has 4 aromatic rings. The van der Waals surface area contributed by atoms with Crippen LogP contribution in [0.5, 0.6) is 11.5 Å². The smallest absolute Gasteiger partial charge is 0.211 e. The van der Waals surface area contributed by atoms with E-state index in [4.69, 9.17) is 9.47 Å². The summed E-state index contributed by atoms with van der Waals surface area (Å²) in [6.07, 6.45) is 4.62. The second-order valence-corrected chi connectivity index (χ2v) is 14.0. The minimum Gasteiger partial charge on any atom is -0.497 e. The molecule has 56 heavy (non-hydrogen) atoms. The van der Waals surface area contributed by atoms with Gasteiger partial charge in [0.15, 0.2) is 12.3 Å². The first-order valence-electron chi connectivity index (χ1n) is 17.8. The van der Waals surface area contributed by atoms with Gasteiger partial charge in [-0.2, -0.15) is 10.5 Å². The molecule has 5 unspecified atom stereocenters. The van der Waals surface area contributed by atoms with Crippen LogP contribution < -0.4 is 20.3 Å². The van der Waals surface area contributed by atoms with Crippen molar-refractivity contribution in [1.82, 2.24) is 20.9 Å². The van der Waals surface area contributed by atoms with Crippen LogP contribution in [0.25, 0.3) is 11.4 Å². The third-order valence-corrected chi connectivity index (χ3v) is 10.7. The summed E-state index contributed by atoms with van der Waals surface area (Å²) in [7, 11) is 3.24. The minimum absolute atomic E-state index is 0.110. The Balaban J connectivity index is 0.000000172. The van der Waals surface area contributed by atoms with Crippen molar-refractivity contribution in [2.45, 2.75) is 17.7 Å². The molecule has 4 heterocycles. The standard InChI is InChI=1S/C22H20N4O2S.C21H18N4O2/c1-28-16-10-8-14(9-11-16)19-12-18(20(27)15-6-4-3-5-7-15)24-21-17(13-23)22(29-2)25-26(19)21;1-27-17-9-7-14(8-10-17)19-11-18(20(26)15-5-3-2-4-6-15)24-21-16(12-22)13-23-25(19)21/h3-12,17,21-22,25H,1-2H3;2-11,16,21,23H,13H2,1H3. The van der Waals surface area contributed by atoms with Crippen molar-refractivity contribution in [3.8, 4) is 23.6 Å². The number of aliphatic imine (C=N–C) groups is 2. The van der Waals surface area contributed by atoms with Gasteiger partial charge < -0.3 is 9.47 Å². The first-order valence-corrected chi connectivity index (χ1v) is 19.1. The van der Waals surface area contributed by atoms with E-state index in [0.29, 0.717) is 29.1 Å². The lowest BCUT2D eigenvalue weighted by molar-refractivity contribution is 0.105. The zero-order valence-electron chi connectivity index (χ0n) is 30.9. The van der Waals surface area contributed by atoms with E-state index < -0.39 is 12.3 Å². The molecule has 0 spiro atoms. The fourth-order valence-electron chi connectivity index (χ4n) is 6.81. The van der Waals surface area contributed by atoms with Gasteiger partial charge in [0.1, 0.15) is 34.8 Å². The van der Waals surface area contributed by atoms with Crippen LogP contribution in [0.2, 0.25) is 0 Å². The number of benzene rings is 4. The molecule has 4 aliphatic heterocycles. The number of nitrogens with zero attached hydrogens (tertiary/aromatic N) is 6. The highest BCUT2D eigenvalue weighted by Gasteiger charge is 2.45. The number of ether oxygens (including phenoxy) is 2. The first kappa shape index (κ1) is 37.8. The molecule has 0 saturated carbocycles. The number of carbonyl (C=O) groups excluding carboxylic acids is 2. The number of fused-ring (bicyclic) bond motifs is 2. The topological polar surface area (TPSA) is 155 Å². The average molecular weight is 763 g/mol. The maximum absolute atomic E-state index is 13.1. The number of allylic oxidation sites excluding steroid dienone is 2. The Labute approximate surface area is 329 Å². The second kappa shape index (κ2) is 16.9. The van der Waals surface area contributed by atoms with Crippen LogP contribution in [0.3, 0.4) is 0 Å². The number of ketones is 2. The van der Waals surface area contributed by atoms with E-state index in [9.17, 15) is 20.1 Å². The van der Waals surface area contributed by atoms with Gasteiger partial charge in [0, 0.05) is 17.7 Å². The number of Topliss-reactive ketones (excluding diaryl/α,β-unsaturated/α-hetero) is 2. The third kappa shape index (κ3) is 7.56. The van der Waals surface area contributed by atoms with Crippen molar-refractivity contribution in [3.63, 3.8) is 0 Å². The van der Waals surface area contributed by atoms with Gasteiger partial charge >= 0.3 is 0 Å². The molecule has 4 aromatic carbocycles. The van der Waals surface area contributed by atoms with Crippen LogP contribution >= 0.6 is 11.8 Å². The van der Waals surface area contributed by atoms with Crippen LogP contribution in [0, 0.1) is 34.5 Å². The minimum atomic E-state index is -0.470. The maximum Gasteiger partial charge on any atom is 0.211 e. The van der Waals surface area contributed by atoms with Crippen molar-refractivity contribution in [1.29, 1.82) is 10.5 Å². The SMILES string of the molecule is COc1ccc(C2=CC(C(=O)c3ccccc3)=NC3C(C#N)C(SC)NN23)cc1.COc1ccc(C2=CC(C(=O)c3ccccc3)=NC3C(C#N)CNN23)cc1. The lowest BCUT2D eigenvalue weighted by atomic mass is 10.00. The van der Waals surface area contributed by atoms with Crippen molar-refractivity contribution < 1.29 is 19.1 Å². The van der Waals surface area contributed by atoms with Crippen molar-refractivity contribution >= 4 is 46.1 Å². The van der Waals surface area contributed by atoms with Crippen LogP contribution in [-0.4, -0.2) is 77.7 Å². The van der Waals surface area contributed by atoms with Crippen LogP contribution in [0.4, 0.5) is 0 Å². The van der Waals surface area contributed by atoms with E-state index in [0.717, 1.165) is 34.0 Å². The zero-order chi connectivity index (χ0) is 39.2. The van der Waals surface area contributed by atoms with Crippen molar-refractivity contribution in [3.05, 3.63) is 144 Å². The van der Waals surface area contributed by atoms with Gasteiger partial charge in [0.2, 0.25) is 11.6 Å². The number of carbonyl (C=O) groups is 2. The van der Waals surface area contributed by atoms with E-state index in [1.54, 1.807) is 62.4 Å². The number of thioether (sulfide) groups is 1. The predicted octanol–water partition coefficient (Wildman–Crippen LogP) is 6.01. The highest BCUT2D eigenvalue weighted by atomic mass is 32.2. The Bertz CT molecular complexity index is 2300. The Morgan fingerprint density at radius 3 is 1.62 bits per heavy atom. The zero-order valence-corrected chi connectivity index (χ0v) is 31.7. The summed E-state index contributed by atoms with van der Waals surface area (Å²) in [6, 6.07) is 38.0. The van der Waals surface area contributed by atoms with E-state index in [-0.39, 0.29) is 28.8 Å². The predicted molar refractivity (Wildman–Crippen MR) is 216 cm³/mol. The van der Waals surface area contributed by atoms with Crippen LogP contribution in [0.1, 0.15) is 31.8 Å². The Hall–Kier alpha value is -6.51. The van der Waals surface area contributed by atoms with Gasteiger partial charge in [-0.3, -0.25) is 29.6 Å². The van der Waals surface area contributed by atoms with E-state index in [1.165, 1.54) is 0 Å². The molecular formula is C43H38N8O4S. The van der Waals surface area contributed by atoms with Crippen LogP contribution in [-0.2, 0) is 0 Å². The quantitative estimate of drug-likeness (QED) is 0.193. The number of nitrogens with one attached hydrogen (secondary N) is 2. The van der Waals surface area contributed by atoms with Crippen molar-refractivity contribution in [2.24, 2.45) is 21.8 Å². The Kier molecular flexibility index (Phi) is 11.4. The Morgan fingerprint density at radius 2 is 1.18 bits per heavy atom. The molecule has 2 N–H and O–H groups in total. The molecular weight excluding hydrogens is 725 g/mol. The fourth-order valence-corrected chi connectivity index (χ4v) is 7.52. The Morgan fingerprint density at radius 1 is 0.696 bits per heavy atom. The molecule has 2 saturated heterocycles. The molecule has 0 aliphatic carbocycles. The lowest BCUT2D eigenvalue weighted by Gasteiger charge is -2.31. The van der Waals surface area contributed by atoms with Gasteiger partial charge in [0.25, 0.3) is 0 Å². The fraction of sp³-hybridized carbons (Fsp3) is 0.209. The molecule has 0 amide bonds. The summed E-state index contributed by atoms with van der Waals surface area (Å²) in [6.45, 7) is 0.491. The third-order valence-electron chi connectivity index (χ3n) is 9.77. The highest BCUT2D eigenvalue weighted by Crippen LogP contribution is 2.37. The normalized spacial score (nSPS) is 22.0. The molecule has 4 aliphatic rings. The van der Waals surface area contributed by atoms with Crippen LogP contribution in [0.15, 0.2) is 131 Å². The van der Waals surface area contributed by atoms with Gasteiger partial charge in [0.05, 0.1) is 43.1 Å². The summed E-state index contributed by atoms with van der Waals surface area (Å²) in [4.78, 5) is 35.3. The molecule has 0 aromatic heterocycles. The molecule has 280 valence electrons. The van der Waals surface area contributed by atoms with Crippen molar-refractivity contribution in [2.75, 3.05) is 27.0 Å². The molecule has 0 bridgehead atoms. The largest absolute Gasteiger partial charge is 0.497 e. The molecule has 5 atom stereocenters. The second-order valence-electron chi connectivity index (χ2n) is 13.0. The number of hydrazine groups is 2. The number of methoxy groups -OCH3 is 2. The maximum atomic E-state index is 13.1. The van der Waals surface area contributed by atoms with E-state index >= 15 is 0 Å². The number of nitriles is 2. The van der Waals surface area contributed by atoms with Gasteiger partial charge in [-0.25, -0.2) is 10.9 Å². The molecule has 13 heteroatoms. The van der Waals surface area contributed by atoms with Gasteiger partial charge in [-0.15, -0.1) is 11.8 Å². The first-order chi connectivity index (χ1) is 27.4. The highest BCUT2D eigenvalue weighted by molar-refractivity contribution is 7.99. The van der Waals surface area contributed by atoms with E-state index in [1.807, 2.05) is 101 Å². The lowest BCUT2D eigenvalue weighted by Crippen LogP contribution is -2.40. The number of rotatable bonds is 9.